The molecule has 7 nitrogen and oxygen atoms in total. The van der Waals surface area contributed by atoms with Crippen LogP contribution >= 0.6 is 0 Å². The molecule has 2 aromatic heterocycles. The number of hydrogen-bond acceptors (Lipinski definition) is 6. The first-order valence-electron chi connectivity index (χ1n) is 12.8. The predicted molar refractivity (Wildman–Crippen MR) is 140 cm³/mol. The van der Waals surface area contributed by atoms with E-state index < -0.39 is 11.8 Å². The van der Waals surface area contributed by atoms with Crippen LogP contribution in [-0.4, -0.2) is 35.3 Å². The molecule has 1 saturated carbocycles. The highest BCUT2D eigenvalue weighted by Gasteiger charge is 2.62. The van der Waals surface area contributed by atoms with Crippen LogP contribution < -0.4 is 9.47 Å². The second kappa shape index (κ2) is 9.66. The molecule has 1 spiro atoms. The summed E-state index contributed by atoms with van der Waals surface area (Å²) in [6.07, 6.45) is 5.01. The maximum atomic E-state index is 14.9. The van der Waals surface area contributed by atoms with Gasteiger partial charge in [0.25, 0.3) is 0 Å². The average molecular weight is 521 g/mol. The van der Waals surface area contributed by atoms with Gasteiger partial charge in [0.1, 0.15) is 12.4 Å². The molecule has 1 N–H and O–H groups in total. The van der Waals surface area contributed by atoms with Gasteiger partial charge in [-0.15, -0.1) is 0 Å². The van der Waals surface area contributed by atoms with Crippen molar-refractivity contribution in [1.29, 1.82) is 0 Å². The van der Waals surface area contributed by atoms with Gasteiger partial charge < -0.3 is 19.3 Å². The minimum absolute atomic E-state index is 0.247. The summed E-state index contributed by atoms with van der Waals surface area (Å²) in [5, 5.41) is 9.53. The number of aryl methyl sites for hydroxylation is 1. The number of fused-ring (bicyclic) bond motifs is 2. The van der Waals surface area contributed by atoms with Gasteiger partial charge in [0.05, 0.1) is 25.3 Å². The first-order chi connectivity index (χ1) is 18.1. The van der Waals surface area contributed by atoms with Gasteiger partial charge in [-0.2, -0.15) is 0 Å². The summed E-state index contributed by atoms with van der Waals surface area (Å²) >= 11 is 0. The number of carbonyl (C=O) groups is 1. The van der Waals surface area contributed by atoms with Crippen LogP contribution in [0, 0.1) is 17.2 Å². The molecule has 0 bridgehead atoms. The Balaban J connectivity index is 1.45. The Kier molecular flexibility index (Phi) is 6.63. The molecule has 3 atom stereocenters. The van der Waals surface area contributed by atoms with Crippen molar-refractivity contribution in [2.24, 2.45) is 11.3 Å². The van der Waals surface area contributed by atoms with Crippen molar-refractivity contribution in [3.8, 4) is 22.9 Å². The third-order valence-corrected chi connectivity index (χ3v) is 7.85. The third kappa shape index (κ3) is 4.62. The van der Waals surface area contributed by atoms with E-state index in [1.807, 2.05) is 30.5 Å². The zero-order valence-electron chi connectivity index (χ0n) is 22.4. The zero-order valence-corrected chi connectivity index (χ0v) is 22.4. The van der Waals surface area contributed by atoms with E-state index in [-0.39, 0.29) is 29.5 Å². The molecule has 1 fully saturated rings. The van der Waals surface area contributed by atoms with Crippen molar-refractivity contribution < 1.29 is 28.5 Å². The molecule has 200 valence electrons. The van der Waals surface area contributed by atoms with Gasteiger partial charge in [0.2, 0.25) is 11.8 Å². The monoisotopic (exact) mass is 520 g/mol. The zero-order chi connectivity index (χ0) is 27.2. The fraction of sp³-hybridized carbons (Fsp3) is 0.433. The van der Waals surface area contributed by atoms with E-state index in [1.54, 1.807) is 13.2 Å². The van der Waals surface area contributed by atoms with Crippen molar-refractivity contribution in [2.45, 2.75) is 58.2 Å². The van der Waals surface area contributed by atoms with Crippen LogP contribution in [0.5, 0.6) is 11.8 Å². The quantitative estimate of drug-likeness (QED) is 0.396. The first kappa shape index (κ1) is 26.1. The Morgan fingerprint density at radius 1 is 1.13 bits per heavy atom. The number of carboxylic acid groups (broad SMARTS) is 1. The Hall–Kier alpha value is -3.52. The number of pyridine rings is 2. The van der Waals surface area contributed by atoms with Crippen molar-refractivity contribution in [3.63, 3.8) is 0 Å². The molecule has 3 aromatic rings. The number of carboxylic acids is 1. The van der Waals surface area contributed by atoms with E-state index >= 15 is 0 Å². The lowest BCUT2D eigenvalue weighted by molar-refractivity contribution is -0.139. The van der Waals surface area contributed by atoms with Crippen LogP contribution in [0.2, 0.25) is 0 Å². The van der Waals surface area contributed by atoms with Gasteiger partial charge in [0, 0.05) is 36.4 Å². The number of aromatic nitrogens is 2. The van der Waals surface area contributed by atoms with Gasteiger partial charge in [0.15, 0.2) is 0 Å². The largest absolute Gasteiger partial charge is 0.481 e. The number of nitrogens with zero attached hydrogens (tertiary/aromatic N) is 2. The Labute approximate surface area is 222 Å². The molecular formula is C30H33FN2O5. The van der Waals surface area contributed by atoms with Crippen molar-refractivity contribution in [1.82, 2.24) is 9.97 Å². The lowest BCUT2D eigenvalue weighted by atomic mass is 9.81. The van der Waals surface area contributed by atoms with E-state index in [2.05, 4.69) is 30.7 Å². The lowest BCUT2D eigenvalue weighted by Gasteiger charge is -2.32. The van der Waals surface area contributed by atoms with Crippen LogP contribution in [-0.2, 0) is 28.0 Å². The van der Waals surface area contributed by atoms with E-state index in [0.29, 0.717) is 29.3 Å². The van der Waals surface area contributed by atoms with E-state index in [9.17, 15) is 14.3 Å². The number of ether oxygens (including phenoxy) is 3. The molecule has 0 radical (unpaired) electrons. The highest BCUT2D eigenvalue weighted by molar-refractivity contribution is 5.78. The number of benzene rings is 1. The van der Waals surface area contributed by atoms with Crippen LogP contribution in [0.4, 0.5) is 4.39 Å². The molecule has 0 amide bonds. The lowest BCUT2D eigenvalue weighted by Crippen LogP contribution is -2.21. The third-order valence-electron chi connectivity index (χ3n) is 7.85. The standard InChI is InChI=1S/C30H33FN2O5/c1-29(2,3)27(37-5)21-10-17(6-7-19(21)20-11-25(36-4)33-15-24(20)31)16-38-26-12-22-18(14-32-26)8-9-30(22)13-23(30)28(34)35/h6-7,10-12,14-15,23,27H,8-9,13,16H2,1-5H3,(H,34,35)/t23-,27+,30-/m0/s1. The molecule has 8 heteroatoms. The minimum Gasteiger partial charge on any atom is -0.481 e. The summed E-state index contributed by atoms with van der Waals surface area (Å²) in [6.45, 7) is 6.47. The number of hydrogen-bond donors (Lipinski definition) is 1. The van der Waals surface area contributed by atoms with Crippen molar-refractivity contribution in [2.75, 3.05) is 14.2 Å². The summed E-state index contributed by atoms with van der Waals surface area (Å²) in [6, 6.07) is 9.25. The number of methoxy groups -OCH3 is 2. The van der Waals surface area contributed by atoms with E-state index in [4.69, 9.17) is 14.2 Å². The van der Waals surface area contributed by atoms with Crippen LogP contribution in [0.15, 0.2) is 42.7 Å². The molecular weight excluding hydrogens is 487 g/mol. The number of aliphatic carboxylic acids is 1. The second-order valence-corrected chi connectivity index (χ2v) is 11.3. The maximum Gasteiger partial charge on any atom is 0.307 e. The van der Waals surface area contributed by atoms with E-state index in [1.165, 1.54) is 7.11 Å². The SMILES string of the molecule is COc1cc(-c2ccc(COc3cc4c(cn3)CC[C@]43C[C@H]3C(=O)O)cc2[C@@H](OC)C(C)(C)C)c(F)cn1. The van der Waals surface area contributed by atoms with Gasteiger partial charge >= 0.3 is 5.97 Å². The van der Waals surface area contributed by atoms with Crippen molar-refractivity contribution >= 4 is 5.97 Å². The highest BCUT2D eigenvalue weighted by atomic mass is 19.1. The van der Waals surface area contributed by atoms with Gasteiger partial charge in [-0.3, -0.25) is 4.79 Å². The molecule has 0 unspecified atom stereocenters. The highest BCUT2D eigenvalue weighted by Crippen LogP contribution is 2.61. The molecule has 1 aromatic carbocycles. The van der Waals surface area contributed by atoms with Crippen LogP contribution in [0.25, 0.3) is 11.1 Å². The fourth-order valence-electron chi connectivity index (χ4n) is 5.91. The van der Waals surface area contributed by atoms with E-state index in [0.717, 1.165) is 41.3 Å². The summed E-state index contributed by atoms with van der Waals surface area (Å²) in [5.74, 6) is -0.721. The normalized spacial score (nSPS) is 20.7. The summed E-state index contributed by atoms with van der Waals surface area (Å²) in [5.41, 5.74) is 4.41. The minimum atomic E-state index is -0.737. The van der Waals surface area contributed by atoms with Gasteiger partial charge in [-0.05, 0) is 58.6 Å². The summed E-state index contributed by atoms with van der Waals surface area (Å²) < 4.78 is 32.2. The Morgan fingerprint density at radius 3 is 2.55 bits per heavy atom. The van der Waals surface area contributed by atoms with Crippen LogP contribution in [0.1, 0.15) is 62.0 Å². The molecule has 2 aliphatic rings. The number of rotatable bonds is 8. The second-order valence-electron chi connectivity index (χ2n) is 11.3. The maximum absolute atomic E-state index is 14.9. The molecule has 38 heavy (non-hydrogen) atoms. The molecule has 0 aliphatic heterocycles. The Morgan fingerprint density at radius 2 is 1.89 bits per heavy atom. The number of halogens is 1. The average Bonchev–Trinajstić information content (AvgIpc) is 3.52. The summed E-state index contributed by atoms with van der Waals surface area (Å²) in [4.78, 5) is 20.1. The molecule has 5 rings (SSSR count). The summed E-state index contributed by atoms with van der Waals surface area (Å²) in [7, 11) is 3.15. The predicted octanol–water partition coefficient (Wildman–Crippen LogP) is 5.89. The Bertz CT molecular complexity index is 1390. The topological polar surface area (TPSA) is 90.8 Å². The molecule has 2 heterocycles. The van der Waals surface area contributed by atoms with Gasteiger partial charge in [-0.1, -0.05) is 32.9 Å². The molecule has 2 aliphatic carbocycles. The fourth-order valence-corrected chi connectivity index (χ4v) is 5.91. The first-order valence-corrected chi connectivity index (χ1v) is 12.8. The molecule has 0 saturated heterocycles. The van der Waals surface area contributed by atoms with Crippen LogP contribution in [0.3, 0.4) is 0 Å². The smallest absolute Gasteiger partial charge is 0.307 e. The van der Waals surface area contributed by atoms with Crippen molar-refractivity contribution in [3.05, 3.63) is 70.8 Å². The van der Waals surface area contributed by atoms with Gasteiger partial charge in [-0.25, -0.2) is 14.4 Å².